The fraction of sp³-hybridized carbons (Fsp3) is 0.346. The average molecular weight is 480 g/mol. The third-order valence-corrected chi connectivity index (χ3v) is 6.07. The third-order valence-electron chi connectivity index (χ3n) is 6.07. The van der Waals surface area contributed by atoms with Gasteiger partial charge in [-0.05, 0) is 29.2 Å². The molecule has 0 aliphatic carbocycles. The summed E-state index contributed by atoms with van der Waals surface area (Å²) in [4.78, 5) is 22.3. The summed E-state index contributed by atoms with van der Waals surface area (Å²) in [6, 6.07) is 15.6. The van der Waals surface area contributed by atoms with Crippen LogP contribution in [0.4, 0.5) is 0 Å². The number of aliphatic carboxylic acids is 1. The second kappa shape index (κ2) is 11.2. The molecule has 3 aromatic rings. The van der Waals surface area contributed by atoms with E-state index < -0.39 is 12.0 Å². The molecule has 2 aromatic carbocycles. The molecule has 9 heteroatoms. The molecule has 35 heavy (non-hydrogen) atoms. The van der Waals surface area contributed by atoms with Crippen molar-refractivity contribution < 1.29 is 28.8 Å². The lowest BCUT2D eigenvalue weighted by Crippen LogP contribution is -2.49. The van der Waals surface area contributed by atoms with Crippen LogP contribution in [0.1, 0.15) is 16.7 Å². The lowest BCUT2D eigenvalue weighted by Gasteiger charge is -2.33. The molecular formula is C26H29N3O6. The topological polar surface area (TPSA) is 103 Å². The number of hydrogen-bond acceptors (Lipinski definition) is 8. The first-order valence-electron chi connectivity index (χ1n) is 11.3. The summed E-state index contributed by atoms with van der Waals surface area (Å²) in [6.45, 7) is 3.58. The number of rotatable bonds is 9. The van der Waals surface area contributed by atoms with E-state index in [4.69, 9.17) is 18.9 Å². The van der Waals surface area contributed by atoms with Crippen LogP contribution >= 0.6 is 0 Å². The maximum Gasteiger partial charge on any atom is 0.323 e. The van der Waals surface area contributed by atoms with E-state index in [2.05, 4.69) is 35.1 Å². The van der Waals surface area contributed by atoms with Gasteiger partial charge in [0, 0.05) is 13.1 Å². The molecule has 0 unspecified atom stereocenters. The Morgan fingerprint density at radius 1 is 1.09 bits per heavy atom. The quantitative estimate of drug-likeness (QED) is 0.495. The van der Waals surface area contributed by atoms with Crippen LogP contribution in [0.3, 0.4) is 0 Å². The van der Waals surface area contributed by atoms with E-state index in [0.29, 0.717) is 18.7 Å². The average Bonchev–Trinajstić information content (AvgIpc) is 2.89. The van der Waals surface area contributed by atoms with Crippen LogP contribution in [0.5, 0.6) is 17.8 Å². The third kappa shape index (κ3) is 5.52. The van der Waals surface area contributed by atoms with Gasteiger partial charge < -0.3 is 24.1 Å². The molecule has 1 N–H and O–H groups in total. The molecule has 4 rings (SSSR count). The van der Waals surface area contributed by atoms with Gasteiger partial charge in [-0.1, -0.05) is 48.5 Å². The first kappa shape index (κ1) is 24.4. The molecule has 1 atom stereocenters. The van der Waals surface area contributed by atoms with Crippen LogP contribution in [-0.2, 0) is 22.7 Å². The van der Waals surface area contributed by atoms with Gasteiger partial charge in [0.25, 0.3) is 0 Å². The normalized spacial score (nSPS) is 16.0. The highest BCUT2D eigenvalue weighted by Gasteiger charge is 2.31. The van der Waals surface area contributed by atoms with Crippen molar-refractivity contribution in [1.82, 2.24) is 14.9 Å². The predicted molar refractivity (Wildman–Crippen MR) is 129 cm³/mol. The van der Waals surface area contributed by atoms with Crippen molar-refractivity contribution in [2.45, 2.75) is 26.1 Å². The van der Waals surface area contributed by atoms with Crippen molar-refractivity contribution in [3.63, 3.8) is 0 Å². The standard InChI is InChI=1S/C26H29N3O6/c1-17-19(10-7-11-20(17)18-8-5-4-6-9-18)15-35-26-27-23(32-2)21(24(28-26)33-3)14-29-12-13-34-16-22(29)25(30)31/h4-11,22H,12-16H2,1-3H3,(H,30,31)/t22-/m0/s1. The summed E-state index contributed by atoms with van der Waals surface area (Å²) >= 11 is 0. The number of benzene rings is 2. The minimum Gasteiger partial charge on any atom is -0.481 e. The Hall–Kier alpha value is -3.69. The number of carbonyl (C=O) groups is 1. The number of hydrogen-bond donors (Lipinski definition) is 1. The molecule has 0 radical (unpaired) electrons. The SMILES string of the molecule is COc1nc(OCc2cccc(-c3ccccc3)c2C)nc(OC)c1CN1CCOC[C@H]1C(=O)O. The molecule has 1 aromatic heterocycles. The zero-order valence-corrected chi connectivity index (χ0v) is 20.1. The van der Waals surface area contributed by atoms with Crippen LogP contribution in [-0.4, -0.2) is 66.0 Å². The number of ether oxygens (including phenoxy) is 4. The second-order valence-electron chi connectivity index (χ2n) is 8.15. The Labute approximate surface area is 204 Å². The first-order chi connectivity index (χ1) is 17.0. The first-order valence-corrected chi connectivity index (χ1v) is 11.3. The van der Waals surface area contributed by atoms with E-state index in [9.17, 15) is 9.90 Å². The fourth-order valence-electron chi connectivity index (χ4n) is 4.13. The maximum absolute atomic E-state index is 11.6. The molecule has 1 saturated heterocycles. The second-order valence-corrected chi connectivity index (χ2v) is 8.15. The van der Waals surface area contributed by atoms with Crippen molar-refractivity contribution in [2.75, 3.05) is 34.0 Å². The molecule has 1 aliphatic heterocycles. The van der Waals surface area contributed by atoms with Gasteiger partial charge in [0.05, 0.1) is 33.0 Å². The van der Waals surface area contributed by atoms with E-state index in [0.717, 1.165) is 22.3 Å². The Morgan fingerprint density at radius 2 is 1.80 bits per heavy atom. The number of aromatic nitrogens is 2. The van der Waals surface area contributed by atoms with Gasteiger partial charge >= 0.3 is 12.0 Å². The Bertz CT molecular complexity index is 1150. The lowest BCUT2D eigenvalue weighted by atomic mass is 9.97. The van der Waals surface area contributed by atoms with Gasteiger partial charge in [-0.3, -0.25) is 9.69 Å². The highest BCUT2D eigenvalue weighted by atomic mass is 16.5. The van der Waals surface area contributed by atoms with Crippen molar-refractivity contribution in [3.05, 3.63) is 65.2 Å². The molecule has 1 aliphatic rings. The molecule has 1 fully saturated rings. The van der Waals surface area contributed by atoms with Crippen molar-refractivity contribution in [2.24, 2.45) is 0 Å². The van der Waals surface area contributed by atoms with E-state index in [1.807, 2.05) is 30.3 Å². The molecule has 9 nitrogen and oxygen atoms in total. The van der Waals surface area contributed by atoms with Crippen LogP contribution < -0.4 is 14.2 Å². The van der Waals surface area contributed by atoms with Crippen LogP contribution in [0.15, 0.2) is 48.5 Å². The minimum atomic E-state index is -0.948. The molecule has 0 spiro atoms. The maximum atomic E-state index is 11.6. The summed E-state index contributed by atoms with van der Waals surface area (Å²) in [5, 5.41) is 9.54. The number of methoxy groups -OCH3 is 2. The van der Waals surface area contributed by atoms with Gasteiger partial charge in [-0.2, -0.15) is 9.97 Å². The van der Waals surface area contributed by atoms with E-state index in [1.54, 1.807) is 4.90 Å². The summed E-state index contributed by atoms with van der Waals surface area (Å²) in [7, 11) is 2.99. The van der Waals surface area contributed by atoms with Crippen LogP contribution in [0, 0.1) is 6.92 Å². The summed E-state index contributed by atoms with van der Waals surface area (Å²) in [6.07, 6.45) is 0. The Balaban J connectivity index is 1.55. The van der Waals surface area contributed by atoms with Crippen LogP contribution in [0.2, 0.25) is 0 Å². The van der Waals surface area contributed by atoms with E-state index >= 15 is 0 Å². The molecule has 184 valence electrons. The summed E-state index contributed by atoms with van der Waals surface area (Å²) in [5.74, 6) is -0.397. The Kier molecular flexibility index (Phi) is 7.79. The van der Waals surface area contributed by atoms with Crippen molar-refractivity contribution in [3.8, 4) is 28.9 Å². The highest BCUT2D eigenvalue weighted by Crippen LogP contribution is 2.31. The number of morpholine rings is 1. The highest BCUT2D eigenvalue weighted by molar-refractivity contribution is 5.73. The van der Waals surface area contributed by atoms with E-state index in [-0.39, 0.29) is 37.5 Å². The van der Waals surface area contributed by atoms with Gasteiger partial charge in [0.15, 0.2) is 0 Å². The van der Waals surface area contributed by atoms with Crippen molar-refractivity contribution >= 4 is 5.97 Å². The zero-order chi connectivity index (χ0) is 24.8. The van der Waals surface area contributed by atoms with Gasteiger partial charge in [0.1, 0.15) is 12.6 Å². The zero-order valence-electron chi connectivity index (χ0n) is 20.1. The predicted octanol–water partition coefficient (Wildman–Crippen LogP) is 3.33. The monoisotopic (exact) mass is 479 g/mol. The molecule has 0 saturated carbocycles. The van der Waals surface area contributed by atoms with Crippen LogP contribution in [0.25, 0.3) is 11.1 Å². The molecule has 0 amide bonds. The number of carboxylic acids is 1. The van der Waals surface area contributed by atoms with Crippen molar-refractivity contribution in [1.29, 1.82) is 0 Å². The van der Waals surface area contributed by atoms with Gasteiger partial charge in [0.2, 0.25) is 11.8 Å². The minimum absolute atomic E-state index is 0.114. The summed E-state index contributed by atoms with van der Waals surface area (Å²) < 4.78 is 22.3. The summed E-state index contributed by atoms with van der Waals surface area (Å²) in [5.41, 5.74) is 4.95. The van der Waals surface area contributed by atoms with Gasteiger partial charge in [-0.15, -0.1) is 0 Å². The number of nitrogens with zero attached hydrogens (tertiary/aromatic N) is 3. The van der Waals surface area contributed by atoms with Gasteiger partial charge in [-0.25, -0.2) is 0 Å². The van der Waals surface area contributed by atoms with E-state index in [1.165, 1.54) is 14.2 Å². The smallest absolute Gasteiger partial charge is 0.323 e. The molecular weight excluding hydrogens is 450 g/mol. The lowest BCUT2D eigenvalue weighted by molar-refractivity contribution is -0.150. The molecule has 0 bridgehead atoms. The number of carboxylic acid groups (broad SMARTS) is 1. The largest absolute Gasteiger partial charge is 0.481 e. The molecule has 2 heterocycles. The Morgan fingerprint density at radius 3 is 2.46 bits per heavy atom. The fourth-order valence-corrected chi connectivity index (χ4v) is 4.13.